The Morgan fingerprint density at radius 2 is 2.28 bits per heavy atom. The first-order valence-electron chi connectivity index (χ1n) is 6.31. The summed E-state index contributed by atoms with van der Waals surface area (Å²) in [6, 6.07) is 5.69. The molecule has 0 aromatic heterocycles. The smallest absolute Gasteiger partial charge is 0.335 e. The molecule has 1 aromatic rings. The van der Waals surface area contributed by atoms with E-state index in [1.165, 1.54) is 19.3 Å². The van der Waals surface area contributed by atoms with Gasteiger partial charge in [0.1, 0.15) is 0 Å². The summed E-state index contributed by atoms with van der Waals surface area (Å²) in [6.07, 6.45) is 4.00. The fraction of sp³-hybridized carbons (Fsp3) is 0.500. The van der Waals surface area contributed by atoms with Crippen molar-refractivity contribution in [3.05, 3.63) is 33.8 Å². The van der Waals surface area contributed by atoms with E-state index < -0.39 is 5.97 Å². The van der Waals surface area contributed by atoms with Crippen molar-refractivity contribution in [3.8, 4) is 0 Å². The molecule has 1 aliphatic rings. The van der Waals surface area contributed by atoms with Crippen molar-refractivity contribution in [2.75, 3.05) is 0 Å². The Balaban J connectivity index is 1.90. The van der Waals surface area contributed by atoms with Gasteiger partial charge in [-0.15, -0.1) is 0 Å². The highest BCUT2D eigenvalue weighted by Crippen LogP contribution is 2.33. The van der Waals surface area contributed by atoms with Crippen LogP contribution in [0, 0.1) is 5.92 Å². The quantitative estimate of drug-likeness (QED) is 0.846. The normalized spacial score (nSPS) is 16.6. The molecule has 0 amide bonds. The van der Waals surface area contributed by atoms with Gasteiger partial charge in [0.2, 0.25) is 0 Å². The predicted molar refractivity (Wildman–Crippen MR) is 74.7 cm³/mol. The molecule has 98 valence electrons. The molecule has 2 rings (SSSR count). The van der Waals surface area contributed by atoms with Crippen LogP contribution in [0.2, 0.25) is 0 Å². The second kappa shape index (κ2) is 5.85. The molecule has 18 heavy (non-hydrogen) atoms. The summed E-state index contributed by atoms with van der Waals surface area (Å²) in [4.78, 5) is 10.8. The molecule has 0 bridgehead atoms. The Bertz CT molecular complexity index is 443. The number of benzene rings is 1. The van der Waals surface area contributed by atoms with Crippen LogP contribution in [-0.4, -0.2) is 17.1 Å². The van der Waals surface area contributed by atoms with Crippen molar-refractivity contribution in [1.82, 2.24) is 5.32 Å². The van der Waals surface area contributed by atoms with Crippen molar-refractivity contribution in [2.45, 2.75) is 38.8 Å². The first-order chi connectivity index (χ1) is 8.56. The van der Waals surface area contributed by atoms with E-state index in [2.05, 4.69) is 28.2 Å². The molecule has 0 heterocycles. The van der Waals surface area contributed by atoms with Crippen LogP contribution in [0.3, 0.4) is 0 Å². The third kappa shape index (κ3) is 3.82. The number of hydrogen-bond acceptors (Lipinski definition) is 2. The number of hydrogen-bond donors (Lipinski definition) is 2. The molecule has 0 radical (unpaired) electrons. The second-order valence-electron chi connectivity index (χ2n) is 5.07. The second-order valence-corrected chi connectivity index (χ2v) is 5.93. The van der Waals surface area contributed by atoms with E-state index in [1.807, 2.05) is 6.07 Å². The van der Waals surface area contributed by atoms with E-state index in [9.17, 15) is 4.79 Å². The van der Waals surface area contributed by atoms with Crippen LogP contribution < -0.4 is 5.32 Å². The van der Waals surface area contributed by atoms with E-state index in [-0.39, 0.29) is 0 Å². The summed E-state index contributed by atoms with van der Waals surface area (Å²) in [5.41, 5.74) is 1.42. The summed E-state index contributed by atoms with van der Waals surface area (Å²) in [7, 11) is 0. The van der Waals surface area contributed by atoms with Gasteiger partial charge in [-0.1, -0.05) is 34.8 Å². The molecule has 0 aliphatic heterocycles. The first kappa shape index (κ1) is 13.6. The highest BCUT2D eigenvalue weighted by Gasteiger charge is 2.23. The standard InChI is InChI=1S/C14H18BrNO2/c1-9(6-10-2-3-10)16-8-12-5-4-11(14(17)18)7-13(12)15/h4-5,7,9-10,16H,2-3,6,8H2,1H3,(H,17,18). The number of aromatic carboxylic acids is 1. The number of carboxylic acid groups (broad SMARTS) is 1. The lowest BCUT2D eigenvalue weighted by molar-refractivity contribution is 0.0697. The molecule has 4 heteroatoms. The molecule has 0 spiro atoms. The maximum atomic E-state index is 10.8. The molecule has 1 unspecified atom stereocenters. The average Bonchev–Trinajstić information content (AvgIpc) is 3.11. The Kier molecular flexibility index (Phi) is 4.40. The Hall–Kier alpha value is -0.870. The number of rotatable bonds is 6. The monoisotopic (exact) mass is 311 g/mol. The summed E-state index contributed by atoms with van der Waals surface area (Å²) >= 11 is 3.43. The van der Waals surface area contributed by atoms with Crippen LogP contribution >= 0.6 is 15.9 Å². The molecule has 1 aromatic carbocycles. The SMILES string of the molecule is CC(CC1CC1)NCc1ccc(C(=O)O)cc1Br. The van der Waals surface area contributed by atoms with Crippen LogP contribution in [0.5, 0.6) is 0 Å². The first-order valence-corrected chi connectivity index (χ1v) is 7.10. The van der Waals surface area contributed by atoms with Crippen molar-refractivity contribution in [3.63, 3.8) is 0 Å². The van der Waals surface area contributed by atoms with Gasteiger partial charge in [0.05, 0.1) is 5.56 Å². The number of carboxylic acids is 1. The summed E-state index contributed by atoms with van der Waals surface area (Å²) in [5.74, 6) is 0.0302. The third-order valence-electron chi connectivity index (χ3n) is 3.32. The van der Waals surface area contributed by atoms with Gasteiger partial charge in [0, 0.05) is 17.1 Å². The molecule has 1 aliphatic carbocycles. The summed E-state index contributed by atoms with van der Waals surface area (Å²) < 4.78 is 0.855. The van der Waals surface area contributed by atoms with Crippen molar-refractivity contribution in [1.29, 1.82) is 0 Å². The number of carbonyl (C=O) groups is 1. The topological polar surface area (TPSA) is 49.3 Å². The van der Waals surface area contributed by atoms with Crippen LogP contribution in [0.15, 0.2) is 22.7 Å². The van der Waals surface area contributed by atoms with Gasteiger partial charge in [-0.05, 0) is 37.0 Å². The van der Waals surface area contributed by atoms with E-state index in [4.69, 9.17) is 5.11 Å². The van der Waals surface area contributed by atoms with Gasteiger partial charge in [-0.2, -0.15) is 0 Å². The summed E-state index contributed by atoms with van der Waals surface area (Å²) in [6.45, 7) is 2.98. The van der Waals surface area contributed by atoms with Crippen LogP contribution in [0.4, 0.5) is 0 Å². The molecular formula is C14H18BrNO2. The van der Waals surface area contributed by atoms with Crippen LogP contribution in [-0.2, 0) is 6.54 Å². The van der Waals surface area contributed by atoms with Crippen molar-refractivity contribution >= 4 is 21.9 Å². The Labute approximate surface area is 116 Å². The zero-order valence-corrected chi connectivity index (χ0v) is 12.0. The van der Waals surface area contributed by atoms with E-state index in [0.717, 1.165) is 22.5 Å². The fourth-order valence-electron chi connectivity index (χ4n) is 2.04. The van der Waals surface area contributed by atoms with Gasteiger partial charge in [-0.3, -0.25) is 0 Å². The number of halogens is 1. The molecule has 1 atom stereocenters. The minimum atomic E-state index is -0.891. The average molecular weight is 312 g/mol. The maximum Gasteiger partial charge on any atom is 0.335 e. The van der Waals surface area contributed by atoms with E-state index in [0.29, 0.717) is 11.6 Å². The van der Waals surface area contributed by atoms with Crippen LogP contribution in [0.25, 0.3) is 0 Å². The van der Waals surface area contributed by atoms with Gasteiger partial charge in [0.25, 0.3) is 0 Å². The lowest BCUT2D eigenvalue weighted by Gasteiger charge is -2.14. The zero-order chi connectivity index (χ0) is 13.1. The zero-order valence-electron chi connectivity index (χ0n) is 10.4. The molecule has 1 saturated carbocycles. The maximum absolute atomic E-state index is 10.8. The third-order valence-corrected chi connectivity index (χ3v) is 4.06. The summed E-state index contributed by atoms with van der Waals surface area (Å²) in [5, 5.41) is 12.4. The highest BCUT2D eigenvalue weighted by molar-refractivity contribution is 9.10. The van der Waals surface area contributed by atoms with E-state index in [1.54, 1.807) is 12.1 Å². The molecular weight excluding hydrogens is 294 g/mol. The molecule has 3 nitrogen and oxygen atoms in total. The molecule has 0 saturated heterocycles. The van der Waals surface area contributed by atoms with Gasteiger partial charge in [0.15, 0.2) is 0 Å². The Morgan fingerprint density at radius 1 is 1.56 bits per heavy atom. The molecule has 2 N–H and O–H groups in total. The van der Waals surface area contributed by atoms with Gasteiger partial charge in [-0.25, -0.2) is 4.79 Å². The predicted octanol–water partition coefficient (Wildman–Crippen LogP) is 3.43. The molecule has 1 fully saturated rings. The van der Waals surface area contributed by atoms with Crippen molar-refractivity contribution in [2.24, 2.45) is 5.92 Å². The minimum Gasteiger partial charge on any atom is -0.478 e. The fourth-order valence-corrected chi connectivity index (χ4v) is 2.56. The number of nitrogens with one attached hydrogen (secondary N) is 1. The largest absolute Gasteiger partial charge is 0.478 e. The lowest BCUT2D eigenvalue weighted by Crippen LogP contribution is -2.26. The van der Waals surface area contributed by atoms with Crippen LogP contribution in [0.1, 0.15) is 42.1 Å². The van der Waals surface area contributed by atoms with Gasteiger partial charge < -0.3 is 10.4 Å². The minimum absolute atomic E-state index is 0.316. The van der Waals surface area contributed by atoms with Gasteiger partial charge >= 0.3 is 5.97 Å². The van der Waals surface area contributed by atoms with E-state index >= 15 is 0 Å². The highest BCUT2D eigenvalue weighted by atomic mass is 79.9. The van der Waals surface area contributed by atoms with Crippen molar-refractivity contribution < 1.29 is 9.90 Å². The Morgan fingerprint density at radius 3 is 2.83 bits per heavy atom. The lowest BCUT2D eigenvalue weighted by atomic mass is 10.1.